The first-order valence-corrected chi connectivity index (χ1v) is 10.8. The first kappa shape index (κ1) is 20.1. The van der Waals surface area contributed by atoms with Crippen LogP contribution in [0.4, 0.5) is 0 Å². The van der Waals surface area contributed by atoms with Crippen molar-refractivity contribution in [2.75, 3.05) is 26.3 Å². The molecule has 30 heavy (non-hydrogen) atoms. The summed E-state index contributed by atoms with van der Waals surface area (Å²) in [5.74, 6) is -0.332. The fourth-order valence-electron chi connectivity index (χ4n) is 2.98. The molecule has 0 atom stereocenters. The Labute approximate surface area is 173 Å². The Morgan fingerprint density at radius 2 is 1.90 bits per heavy atom. The van der Waals surface area contributed by atoms with Gasteiger partial charge in [0.2, 0.25) is 10.0 Å². The van der Waals surface area contributed by atoms with E-state index in [1.54, 1.807) is 29.3 Å². The van der Waals surface area contributed by atoms with E-state index in [4.69, 9.17) is 4.74 Å². The van der Waals surface area contributed by atoms with Crippen molar-refractivity contribution in [3.05, 3.63) is 66.2 Å². The van der Waals surface area contributed by atoms with Crippen molar-refractivity contribution in [3.63, 3.8) is 0 Å². The lowest BCUT2D eigenvalue weighted by molar-refractivity contribution is 0.0730. The topological polar surface area (TPSA) is 119 Å². The molecule has 1 amide bonds. The molecule has 1 fully saturated rings. The van der Waals surface area contributed by atoms with Gasteiger partial charge in [0.25, 0.3) is 5.91 Å². The Kier molecular flexibility index (Phi) is 5.84. The van der Waals surface area contributed by atoms with Crippen LogP contribution in [0.1, 0.15) is 16.1 Å². The van der Waals surface area contributed by atoms with Gasteiger partial charge >= 0.3 is 0 Å². The predicted octanol–water partition coefficient (Wildman–Crippen LogP) is 0.613. The number of morpholine rings is 1. The quantitative estimate of drug-likeness (QED) is 0.611. The largest absolute Gasteiger partial charge is 0.379 e. The lowest BCUT2D eigenvalue weighted by Crippen LogP contribution is -2.40. The third kappa shape index (κ3) is 4.37. The summed E-state index contributed by atoms with van der Waals surface area (Å²) in [6.07, 6.45) is 5.03. The summed E-state index contributed by atoms with van der Waals surface area (Å²) in [7, 11) is -3.59. The number of pyridine rings is 1. The van der Waals surface area contributed by atoms with Gasteiger partial charge < -0.3 is 10.1 Å². The van der Waals surface area contributed by atoms with Crippen LogP contribution in [0.25, 0.3) is 5.69 Å². The summed E-state index contributed by atoms with van der Waals surface area (Å²) >= 11 is 0. The van der Waals surface area contributed by atoms with Crippen LogP contribution in [0, 0.1) is 0 Å². The number of carbonyl (C=O) groups is 1. The minimum absolute atomic E-state index is 0.153. The maximum atomic E-state index is 12.6. The van der Waals surface area contributed by atoms with Gasteiger partial charge in [-0.2, -0.15) is 4.31 Å². The second-order valence-electron chi connectivity index (χ2n) is 6.59. The lowest BCUT2D eigenvalue weighted by atomic mass is 10.2. The van der Waals surface area contributed by atoms with Crippen molar-refractivity contribution in [1.29, 1.82) is 0 Å². The van der Waals surface area contributed by atoms with Crippen molar-refractivity contribution in [1.82, 2.24) is 29.6 Å². The number of nitrogens with one attached hydrogen (secondary N) is 1. The zero-order chi connectivity index (χ0) is 21.0. The van der Waals surface area contributed by atoms with Crippen molar-refractivity contribution in [2.45, 2.75) is 11.4 Å². The van der Waals surface area contributed by atoms with Crippen molar-refractivity contribution in [2.24, 2.45) is 0 Å². The molecule has 156 valence electrons. The fraction of sp³-hybridized carbons (Fsp3) is 0.263. The highest BCUT2D eigenvalue weighted by Gasteiger charge is 2.26. The molecule has 4 rings (SSSR count). The molecule has 3 heterocycles. The number of nitrogens with zero attached hydrogens (tertiary/aromatic N) is 5. The van der Waals surface area contributed by atoms with Crippen LogP contribution < -0.4 is 5.32 Å². The summed E-state index contributed by atoms with van der Waals surface area (Å²) in [6, 6.07) is 9.51. The zero-order valence-corrected chi connectivity index (χ0v) is 16.8. The molecule has 3 aromatic rings. The Bertz CT molecular complexity index is 1110. The molecule has 0 aliphatic carbocycles. The van der Waals surface area contributed by atoms with Gasteiger partial charge in [-0.25, -0.2) is 13.1 Å². The van der Waals surface area contributed by atoms with Gasteiger partial charge in [-0.1, -0.05) is 5.21 Å². The third-order valence-electron chi connectivity index (χ3n) is 4.61. The molecular formula is C19H20N6O4S. The number of hydrogen-bond donors (Lipinski definition) is 1. The van der Waals surface area contributed by atoms with Crippen molar-refractivity contribution >= 4 is 15.9 Å². The molecular weight excluding hydrogens is 408 g/mol. The minimum Gasteiger partial charge on any atom is -0.379 e. The summed E-state index contributed by atoms with van der Waals surface area (Å²) in [5.41, 5.74) is 1.70. The van der Waals surface area contributed by atoms with Crippen LogP contribution >= 0.6 is 0 Å². The van der Waals surface area contributed by atoms with E-state index in [1.807, 2.05) is 6.07 Å². The number of amides is 1. The number of benzene rings is 1. The first-order chi connectivity index (χ1) is 14.5. The van der Waals surface area contributed by atoms with Gasteiger partial charge in [-0.3, -0.25) is 9.78 Å². The van der Waals surface area contributed by atoms with E-state index in [2.05, 4.69) is 20.6 Å². The van der Waals surface area contributed by atoms with E-state index in [-0.39, 0.29) is 17.3 Å². The maximum absolute atomic E-state index is 12.6. The van der Waals surface area contributed by atoms with Crippen LogP contribution in [0.3, 0.4) is 0 Å². The average molecular weight is 428 g/mol. The van der Waals surface area contributed by atoms with E-state index < -0.39 is 10.0 Å². The van der Waals surface area contributed by atoms with Gasteiger partial charge in [0, 0.05) is 24.8 Å². The number of sulfonamides is 1. The summed E-state index contributed by atoms with van der Waals surface area (Å²) in [5, 5.41) is 10.8. The molecule has 10 nitrogen and oxygen atoms in total. The molecule has 0 unspecified atom stereocenters. The van der Waals surface area contributed by atoms with Crippen LogP contribution in [-0.4, -0.2) is 64.9 Å². The van der Waals surface area contributed by atoms with E-state index in [9.17, 15) is 13.2 Å². The molecule has 2 aromatic heterocycles. The minimum atomic E-state index is -3.59. The Morgan fingerprint density at radius 3 is 2.60 bits per heavy atom. The predicted molar refractivity (Wildman–Crippen MR) is 106 cm³/mol. The maximum Gasteiger partial charge on any atom is 0.251 e. The summed E-state index contributed by atoms with van der Waals surface area (Å²) in [6.45, 7) is 1.60. The van der Waals surface area contributed by atoms with Crippen LogP contribution in [0.5, 0.6) is 0 Å². The van der Waals surface area contributed by atoms with Gasteiger partial charge in [0.1, 0.15) is 5.69 Å². The highest BCUT2D eigenvalue weighted by atomic mass is 32.2. The summed E-state index contributed by atoms with van der Waals surface area (Å²) < 4.78 is 33.4. The number of ether oxygens (including phenoxy) is 1. The average Bonchev–Trinajstić information content (AvgIpc) is 3.28. The van der Waals surface area contributed by atoms with Crippen LogP contribution in [-0.2, 0) is 21.3 Å². The Balaban J connectivity index is 1.38. The molecule has 0 radical (unpaired) electrons. The molecule has 11 heteroatoms. The first-order valence-electron chi connectivity index (χ1n) is 9.32. The molecule has 1 aliphatic rings. The summed E-state index contributed by atoms with van der Waals surface area (Å²) in [4.78, 5) is 16.6. The van der Waals surface area contributed by atoms with Gasteiger partial charge in [-0.05, 0) is 36.4 Å². The van der Waals surface area contributed by atoms with Crippen LogP contribution in [0.15, 0.2) is 59.9 Å². The van der Waals surface area contributed by atoms with E-state index in [0.29, 0.717) is 37.6 Å². The van der Waals surface area contributed by atoms with E-state index >= 15 is 0 Å². The van der Waals surface area contributed by atoms with Gasteiger partial charge in [0.15, 0.2) is 0 Å². The van der Waals surface area contributed by atoms with Gasteiger partial charge in [0.05, 0.1) is 42.7 Å². The molecule has 1 N–H and O–H groups in total. The highest BCUT2D eigenvalue weighted by molar-refractivity contribution is 7.89. The van der Waals surface area contributed by atoms with Crippen LogP contribution in [0.2, 0.25) is 0 Å². The molecule has 1 aliphatic heterocycles. The SMILES string of the molecule is O=C(NCc1cn(-c2cccnc2)nn1)c1ccc(S(=O)(=O)N2CCOCC2)cc1. The van der Waals surface area contributed by atoms with Gasteiger partial charge in [-0.15, -0.1) is 5.10 Å². The monoisotopic (exact) mass is 428 g/mol. The third-order valence-corrected chi connectivity index (χ3v) is 6.52. The smallest absolute Gasteiger partial charge is 0.251 e. The highest BCUT2D eigenvalue weighted by Crippen LogP contribution is 2.17. The second-order valence-corrected chi connectivity index (χ2v) is 8.53. The standard InChI is InChI=1S/C19H20N6O4S/c26-19(21-12-16-14-25(23-22-16)17-2-1-7-20-13-17)15-3-5-18(6-4-15)30(27,28)24-8-10-29-11-9-24/h1-7,13-14H,8-12H2,(H,21,26). The fourth-order valence-corrected chi connectivity index (χ4v) is 4.39. The normalized spacial score (nSPS) is 15.1. The van der Waals surface area contributed by atoms with Crippen molar-refractivity contribution in [3.8, 4) is 5.69 Å². The molecule has 1 saturated heterocycles. The Morgan fingerprint density at radius 1 is 1.13 bits per heavy atom. The number of rotatable bonds is 6. The lowest BCUT2D eigenvalue weighted by Gasteiger charge is -2.26. The zero-order valence-electron chi connectivity index (χ0n) is 16.0. The Hall–Kier alpha value is -3.15. The van der Waals surface area contributed by atoms with E-state index in [1.165, 1.54) is 28.6 Å². The second kappa shape index (κ2) is 8.69. The van der Waals surface area contributed by atoms with Crippen molar-refractivity contribution < 1.29 is 17.9 Å². The number of hydrogen-bond acceptors (Lipinski definition) is 7. The molecule has 0 saturated carbocycles. The molecule has 1 aromatic carbocycles. The molecule has 0 bridgehead atoms. The van der Waals surface area contributed by atoms with E-state index in [0.717, 1.165) is 5.69 Å². The number of aromatic nitrogens is 4. The molecule has 0 spiro atoms. The number of carbonyl (C=O) groups excluding carboxylic acids is 1.